The number of ether oxygens (including phenoxy) is 2. The van der Waals surface area contributed by atoms with Crippen molar-refractivity contribution in [3.05, 3.63) is 394 Å². The van der Waals surface area contributed by atoms with E-state index in [9.17, 15) is 30.6 Å². The Labute approximate surface area is 700 Å². The summed E-state index contributed by atoms with van der Waals surface area (Å²) < 4.78 is 9.64. The SMILES string of the molecule is C=COCC.CCOC(C)C.Cc1cc(C(c2cc(C)c(O)cc2C)c2cc(Cc3ccc(O)c(C(c4cc(C)c(O)cc4C)c4cc(C)c(O)cc4C)c3)ccc2O)c(C)cc1O.Cc1cc(C)c(C(c2cc(Cc3ccc(C)c(C(c4cc(C)c(C)cc4C)c4cc(C)c(C)cc4C)c3)ccc2C)c2cc(C)c(C)cc2C)cc1C. The molecule has 0 saturated carbocycles. The van der Waals surface area contributed by atoms with E-state index in [1.54, 1.807) is 36.4 Å². The maximum Gasteiger partial charge on any atom is 0.119 e. The summed E-state index contributed by atoms with van der Waals surface area (Å²) in [7, 11) is 0. The maximum absolute atomic E-state index is 11.5. The van der Waals surface area contributed by atoms with Crippen LogP contribution < -0.4 is 0 Å². The third-order valence-electron chi connectivity index (χ3n) is 24.1. The zero-order chi connectivity index (χ0) is 86.0. The van der Waals surface area contributed by atoms with Crippen LogP contribution in [0.3, 0.4) is 0 Å². The summed E-state index contributed by atoms with van der Waals surface area (Å²) in [6.45, 7) is 59.8. The van der Waals surface area contributed by atoms with Crippen LogP contribution in [-0.2, 0) is 22.3 Å². The molecule has 8 nitrogen and oxygen atoms in total. The van der Waals surface area contributed by atoms with Crippen LogP contribution in [0, 0.1) is 152 Å². The standard InChI is InChI=1S/C53H60.C47H48O6.C5H12O.C4H8O/c1-30-15-17-44(28-50(30)52(46-23-36(7)32(3)19-40(46)11)47-24-37(8)33(4)20-41(47)12)27-45-18-16-31(2)51(29-45)53(48-25-38(9)34(5)21-42(48)13)49-26-39(10)35(6)22-43(49)14;1-24-17-42(50)28(5)13-34(24)46(35-14-29(6)43(51)18-25(35)2)38-22-32(9-11-40(38)48)21-33-10-12-41(49)39(23-33)47(36-15-30(7)44(52)19-26(36)3)37-16-31(8)45(53)20-27(37)4;1-4-6-5(2)3;1-3-5-4-2/h15-26,28-29,52-53H,27H2,1-14H3;9-20,22-23,46-53H,21H2,1-8H3;5H,4H2,1-3H3;3H,1,4H2,2H3. The quantitative estimate of drug-likeness (QED) is 0.0328. The number of phenolic OH excluding ortho intramolecular Hbond substituents is 6. The van der Waals surface area contributed by atoms with Gasteiger partial charge in [0.25, 0.3) is 0 Å². The molecule has 0 aliphatic carbocycles. The van der Waals surface area contributed by atoms with E-state index in [0.717, 1.165) is 97.5 Å². The van der Waals surface area contributed by atoms with Gasteiger partial charge in [-0.25, -0.2) is 0 Å². The van der Waals surface area contributed by atoms with Gasteiger partial charge in [-0.1, -0.05) is 140 Å². The molecular weight excluding hydrogens is 1440 g/mol. The predicted octanol–water partition coefficient (Wildman–Crippen LogP) is 26.9. The Bertz CT molecular complexity index is 4730. The molecule has 0 fully saturated rings. The lowest BCUT2D eigenvalue weighted by Gasteiger charge is -2.27. The van der Waals surface area contributed by atoms with Crippen molar-refractivity contribution in [3.8, 4) is 34.5 Å². The van der Waals surface area contributed by atoms with Gasteiger partial charge in [0.15, 0.2) is 0 Å². The number of aromatic hydroxyl groups is 6. The van der Waals surface area contributed by atoms with E-state index in [1.807, 2.05) is 132 Å². The second-order valence-electron chi connectivity index (χ2n) is 33.5. The second kappa shape index (κ2) is 38.8. The highest BCUT2D eigenvalue weighted by Crippen LogP contribution is 2.48. The number of benzene rings is 12. The third kappa shape index (κ3) is 21.0. The molecule has 0 atom stereocenters. The minimum absolute atomic E-state index is 0.136. The molecule has 0 saturated heterocycles. The van der Waals surface area contributed by atoms with Crippen molar-refractivity contribution in [3.63, 3.8) is 0 Å². The van der Waals surface area contributed by atoms with Crippen LogP contribution >= 0.6 is 0 Å². The maximum atomic E-state index is 11.5. The smallest absolute Gasteiger partial charge is 0.119 e. The average Bonchev–Trinajstić information content (AvgIpc) is 0.779. The highest BCUT2D eigenvalue weighted by atomic mass is 16.5. The summed E-state index contributed by atoms with van der Waals surface area (Å²) in [5.41, 5.74) is 43.6. The Morgan fingerprint density at radius 3 is 0.650 bits per heavy atom. The van der Waals surface area contributed by atoms with Crippen LogP contribution in [-0.4, -0.2) is 50.0 Å². The van der Waals surface area contributed by atoms with E-state index in [-0.39, 0.29) is 46.3 Å². The molecule has 612 valence electrons. The molecule has 117 heavy (non-hydrogen) atoms. The van der Waals surface area contributed by atoms with Crippen LogP contribution in [0.15, 0.2) is 183 Å². The normalized spacial score (nSPS) is 11.3. The highest BCUT2D eigenvalue weighted by molar-refractivity contribution is 5.63. The first-order valence-corrected chi connectivity index (χ1v) is 41.4. The fourth-order valence-electron chi connectivity index (χ4n) is 16.8. The molecular formula is C109H128O8. The van der Waals surface area contributed by atoms with Gasteiger partial charge >= 0.3 is 0 Å². The molecule has 0 amide bonds. The molecule has 8 heteroatoms. The minimum atomic E-state index is -0.394. The summed E-state index contributed by atoms with van der Waals surface area (Å²) in [6.07, 6.45) is 3.22. The first-order valence-electron chi connectivity index (χ1n) is 41.4. The molecule has 0 aromatic heterocycles. The molecule has 0 heterocycles. The lowest BCUT2D eigenvalue weighted by molar-refractivity contribution is 0.0899. The lowest BCUT2D eigenvalue weighted by Crippen LogP contribution is -2.12. The summed E-state index contributed by atoms with van der Waals surface area (Å²) in [5, 5.41) is 65.1. The first-order chi connectivity index (χ1) is 55.2. The van der Waals surface area contributed by atoms with Crippen LogP contribution in [0.25, 0.3) is 0 Å². The Kier molecular flexibility index (Phi) is 29.8. The monoisotopic (exact) mass is 1560 g/mol. The van der Waals surface area contributed by atoms with Crippen LogP contribution in [0.5, 0.6) is 34.5 Å². The topological polar surface area (TPSA) is 140 Å². The number of rotatable bonds is 20. The molecule has 12 aromatic rings. The van der Waals surface area contributed by atoms with Gasteiger partial charge in [-0.3, -0.25) is 0 Å². The number of phenols is 6. The molecule has 12 rings (SSSR count). The summed E-state index contributed by atoms with van der Waals surface area (Å²) in [4.78, 5) is 0. The Morgan fingerprint density at radius 1 is 0.231 bits per heavy atom. The van der Waals surface area contributed by atoms with Gasteiger partial charge in [-0.15, -0.1) is 0 Å². The van der Waals surface area contributed by atoms with Gasteiger partial charge in [-0.2, -0.15) is 0 Å². The molecule has 0 spiro atoms. The third-order valence-corrected chi connectivity index (χ3v) is 24.1. The molecule has 6 N–H and O–H groups in total. The van der Waals surface area contributed by atoms with Gasteiger partial charge < -0.3 is 40.1 Å². The number of aryl methyl sites for hydroxylation is 22. The van der Waals surface area contributed by atoms with E-state index in [4.69, 9.17) is 4.74 Å². The second-order valence-corrected chi connectivity index (χ2v) is 33.5. The van der Waals surface area contributed by atoms with Crippen molar-refractivity contribution in [2.45, 2.75) is 223 Å². The van der Waals surface area contributed by atoms with Gasteiger partial charge in [0.1, 0.15) is 34.5 Å². The summed E-state index contributed by atoms with van der Waals surface area (Å²) >= 11 is 0. The molecule has 0 aliphatic rings. The Morgan fingerprint density at radius 2 is 0.436 bits per heavy atom. The van der Waals surface area contributed by atoms with E-state index in [1.165, 1.54) is 129 Å². The predicted molar refractivity (Wildman–Crippen MR) is 489 cm³/mol. The lowest BCUT2D eigenvalue weighted by atomic mass is 9.76. The summed E-state index contributed by atoms with van der Waals surface area (Å²) in [6, 6.07) is 60.0. The number of hydrogen-bond acceptors (Lipinski definition) is 8. The van der Waals surface area contributed by atoms with Crippen LogP contribution in [0.2, 0.25) is 0 Å². The van der Waals surface area contributed by atoms with Crippen molar-refractivity contribution in [1.82, 2.24) is 0 Å². The Balaban J connectivity index is 0.000000237. The molecule has 0 radical (unpaired) electrons. The van der Waals surface area contributed by atoms with Crippen LogP contribution in [0.4, 0.5) is 0 Å². The fourth-order valence-corrected chi connectivity index (χ4v) is 16.8. The number of hydrogen-bond donors (Lipinski definition) is 6. The fraction of sp³-hybridized carbons (Fsp3) is 0.321. The van der Waals surface area contributed by atoms with Crippen molar-refractivity contribution in [2.24, 2.45) is 0 Å². The minimum Gasteiger partial charge on any atom is -0.508 e. The molecule has 0 unspecified atom stereocenters. The van der Waals surface area contributed by atoms with Crippen LogP contribution in [0.1, 0.15) is 263 Å². The summed E-state index contributed by atoms with van der Waals surface area (Å²) in [5.74, 6) is 0.630. The van der Waals surface area contributed by atoms with E-state index < -0.39 is 11.8 Å². The largest absolute Gasteiger partial charge is 0.508 e. The zero-order valence-electron chi connectivity index (χ0n) is 74.7. The van der Waals surface area contributed by atoms with E-state index in [0.29, 0.717) is 23.7 Å². The zero-order valence-corrected chi connectivity index (χ0v) is 74.7. The van der Waals surface area contributed by atoms with Gasteiger partial charge in [0.2, 0.25) is 0 Å². The average molecular weight is 1570 g/mol. The van der Waals surface area contributed by atoms with Gasteiger partial charge in [-0.05, 0) is 430 Å². The Hall–Kier alpha value is -11.1. The van der Waals surface area contributed by atoms with E-state index >= 15 is 0 Å². The van der Waals surface area contributed by atoms with Crippen molar-refractivity contribution < 1.29 is 40.1 Å². The molecule has 0 bridgehead atoms. The van der Waals surface area contributed by atoms with Crippen molar-refractivity contribution in [2.75, 3.05) is 13.2 Å². The van der Waals surface area contributed by atoms with E-state index in [2.05, 4.69) is 193 Å². The highest BCUT2D eigenvalue weighted by Gasteiger charge is 2.31. The first kappa shape index (κ1) is 89.9. The van der Waals surface area contributed by atoms with Crippen molar-refractivity contribution in [1.29, 1.82) is 0 Å². The van der Waals surface area contributed by atoms with Gasteiger partial charge in [0, 0.05) is 41.4 Å². The molecule has 0 aliphatic heterocycles. The molecule has 12 aromatic carbocycles. The van der Waals surface area contributed by atoms with Gasteiger partial charge in [0.05, 0.1) is 19.0 Å². The van der Waals surface area contributed by atoms with Crippen molar-refractivity contribution >= 4 is 0 Å².